The number of hydrogen-bond donors (Lipinski definition) is 2. The highest BCUT2D eigenvalue weighted by atomic mass is 16.5. The van der Waals surface area contributed by atoms with Crippen LogP contribution in [0.5, 0.6) is 0 Å². The van der Waals surface area contributed by atoms with Gasteiger partial charge in [0.2, 0.25) is 0 Å². The molecular formula is C11H23NO3. The Bertz CT molecular complexity index is 167. The zero-order valence-corrected chi connectivity index (χ0v) is 9.79. The maximum Gasteiger partial charge on any atom is 0.0975 e. The van der Waals surface area contributed by atoms with Gasteiger partial charge in [0.1, 0.15) is 0 Å². The summed E-state index contributed by atoms with van der Waals surface area (Å²) in [5.74, 6) is 0. The van der Waals surface area contributed by atoms with Crippen molar-refractivity contribution in [2.24, 2.45) is 0 Å². The second-order valence-electron chi connectivity index (χ2n) is 4.43. The maximum atomic E-state index is 9.89. The molecule has 0 spiro atoms. The average molecular weight is 217 g/mol. The predicted molar refractivity (Wildman–Crippen MR) is 59.0 cm³/mol. The molecule has 0 radical (unpaired) electrons. The van der Waals surface area contributed by atoms with E-state index >= 15 is 0 Å². The summed E-state index contributed by atoms with van der Waals surface area (Å²) < 4.78 is 10.9. The number of likely N-dealkylation sites (N-methyl/N-ethyl adjacent to an activating group) is 1. The molecule has 1 fully saturated rings. The first kappa shape index (κ1) is 12.9. The molecule has 1 rings (SSSR count). The Labute approximate surface area is 92.0 Å². The summed E-state index contributed by atoms with van der Waals surface area (Å²) >= 11 is 0. The highest BCUT2D eigenvalue weighted by molar-refractivity contribution is 4.75. The molecule has 2 unspecified atom stereocenters. The summed E-state index contributed by atoms with van der Waals surface area (Å²) in [4.78, 5) is 0. The van der Waals surface area contributed by atoms with Crippen LogP contribution in [0.25, 0.3) is 0 Å². The first-order chi connectivity index (χ1) is 7.14. The molecule has 1 aliphatic rings. The Kier molecular flexibility index (Phi) is 5.53. The molecule has 15 heavy (non-hydrogen) atoms. The van der Waals surface area contributed by atoms with Crippen LogP contribution < -0.4 is 5.32 Å². The Morgan fingerprint density at radius 3 is 3.00 bits per heavy atom. The lowest BCUT2D eigenvalue weighted by Crippen LogP contribution is -2.42. The smallest absolute Gasteiger partial charge is 0.0975 e. The van der Waals surface area contributed by atoms with Crippen LogP contribution in [0.2, 0.25) is 0 Å². The third kappa shape index (κ3) is 5.47. The largest absolute Gasteiger partial charge is 0.386 e. The van der Waals surface area contributed by atoms with E-state index in [1.165, 1.54) is 0 Å². The SMILES string of the molecule is CCNCC(C)(O)COCC1CCCO1. The van der Waals surface area contributed by atoms with Gasteiger partial charge in [-0.1, -0.05) is 6.92 Å². The minimum absolute atomic E-state index is 0.236. The Hall–Kier alpha value is -0.160. The van der Waals surface area contributed by atoms with Gasteiger partial charge in [-0.15, -0.1) is 0 Å². The van der Waals surface area contributed by atoms with Gasteiger partial charge in [0.05, 0.1) is 24.9 Å². The minimum atomic E-state index is -0.783. The highest BCUT2D eigenvalue weighted by Gasteiger charge is 2.22. The first-order valence-corrected chi connectivity index (χ1v) is 5.76. The standard InChI is InChI=1S/C11H23NO3/c1-3-12-8-11(2,13)9-14-7-10-5-4-6-15-10/h10,12-13H,3-9H2,1-2H3. The fraction of sp³-hybridized carbons (Fsp3) is 1.00. The Morgan fingerprint density at radius 2 is 2.40 bits per heavy atom. The topological polar surface area (TPSA) is 50.7 Å². The molecule has 90 valence electrons. The van der Waals surface area contributed by atoms with Crippen LogP contribution in [-0.2, 0) is 9.47 Å². The van der Waals surface area contributed by atoms with E-state index in [-0.39, 0.29) is 6.10 Å². The molecule has 0 amide bonds. The van der Waals surface area contributed by atoms with Crippen molar-refractivity contribution in [3.63, 3.8) is 0 Å². The molecule has 1 heterocycles. The van der Waals surface area contributed by atoms with Crippen molar-refractivity contribution in [2.45, 2.75) is 38.4 Å². The van der Waals surface area contributed by atoms with E-state index in [0.717, 1.165) is 26.0 Å². The van der Waals surface area contributed by atoms with E-state index in [0.29, 0.717) is 19.8 Å². The van der Waals surface area contributed by atoms with E-state index in [9.17, 15) is 5.11 Å². The van der Waals surface area contributed by atoms with Gasteiger partial charge in [-0.05, 0) is 26.3 Å². The van der Waals surface area contributed by atoms with Crippen molar-refractivity contribution in [1.29, 1.82) is 0 Å². The van der Waals surface area contributed by atoms with Gasteiger partial charge in [-0.25, -0.2) is 0 Å². The van der Waals surface area contributed by atoms with Crippen LogP contribution in [0.4, 0.5) is 0 Å². The summed E-state index contributed by atoms with van der Waals surface area (Å²) in [5, 5.41) is 13.0. The molecular weight excluding hydrogens is 194 g/mol. The molecule has 2 atom stereocenters. The first-order valence-electron chi connectivity index (χ1n) is 5.76. The molecule has 0 aromatic heterocycles. The van der Waals surface area contributed by atoms with Crippen molar-refractivity contribution in [2.75, 3.05) is 32.9 Å². The van der Waals surface area contributed by atoms with Crippen molar-refractivity contribution >= 4 is 0 Å². The lowest BCUT2D eigenvalue weighted by molar-refractivity contribution is -0.0580. The maximum absolute atomic E-state index is 9.89. The fourth-order valence-electron chi connectivity index (χ4n) is 1.63. The van der Waals surface area contributed by atoms with Crippen LogP contribution in [0, 0.1) is 0 Å². The predicted octanol–water partition coefficient (Wildman–Crippen LogP) is 0.542. The number of hydrogen-bond acceptors (Lipinski definition) is 4. The number of nitrogens with one attached hydrogen (secondary N) is 1. The summed E-state index contributed by atoms with van der Waals surface area (Å²) in [7, 11) is 0. The monoisotopic (exact) mass is 217 g/mol. The van der Waals surface area contributed by atoms with Crippen molar-refractivity contribution in [3.05, 3.63) is 0 Å². The van der Waals surface area contributed by atoms with Crippen molar-refractivity contribution < 1.29 is 14.6 Å². The van der Waals surface area contributed by atoms with Crippen LogP contribution in [0.3, 0.4) is 0 Å². The summed E-state index contributed by atoms with van der Waals surface area (Å²) in [6.45, 7) is 7.04. The van der Waals surface area contributed by atoms with Crippen molar-refractivity contribution in [3.8, 4) is 0 Å². The van der Waals surface area contributed by atoms with Gasteiger partial charge >= 0.3 is 0 Å². The minimum Gasteiger partial charge on any atom is -0.386 e. The third-order valence-corrected chi connectivity index (χ3v) is 2.50. The number of aliphatic hydroxyl groups is 1. The molecule has 0 saturated carbocycles. The van der Waals surface area contributed by atoms with Crippen LogP contribution >= 0.6 is 0 Å². The van der Waals surface area contributed by atoms with Crippen molar-refractivity contribution in [1.82, 2.24) is 5.32 Å². The molecule has 0 bridgehead atoms. The van der Waals surface area contributed by atoms with E-state index in [2.05, 4.69) is 5.32 Å². The van der Waals surface area contributed by atoms with Gasteiger partial charge in [-0.2, -0.15) is 0 Å². The van der Waals surface area contributed by atoms with Gasteiger partial charge in [-0.3, -0.25) is 0 Å². The lowest BCUT2D eigenvalue weighted by Gasteiger charge is -2.24. The van der Waals surface area contributed by atoms with E-state index < -0.39 is 5.60 Å². The second kappa shape index (κ2) is 6.43. The normalized spacial score (nSPS) is 25.4. The summed E-state index contributed by atoms with van der Waals surface area (Å²) in [6.07, 6.45) is 2.44. The number of rotatable bonds is 7. The van der Waals surface area contributed by atoms with E-state index in [1.807, 2.05) is 6.92 Å². The lowest BCUT2D eigenvalue weighted by atomic mass is 10.1. The highest BCUT2D eigenvalue weighted by Crippen LogP contribution is 2.12. The Morgan fingerprint density at radius 1 is 1.60 bits per heavy atom. The van der Waals surface area contributed by atoms with Crippen LogP contribution in [-0.4, -0.2) is 49.7 Å². The third-order valence-electron chi connectivity index (χ3n) is 2.50. The quantitative estimate of drug-likeness (QED) is 0.653. The number of ether oxygens (including phenoxy) is 2. The van der Waals surface area contributed by atoms with Crippen LogP contribution in [0.1, 0.15) is 26.7 Å². The average Bonchev–Trinajstić information content (AvgIpc) is 2.67. The van der Waals surface area contributed by atoms with Gasteiger partial charge in [0, 0.05) is 13.2 Å². The molecule has 4 heteroatoms. The molecule has 0 aromatic carbocycles. The second-order valence-corrected chi connectivity index (χ2v) is 4.43. The van der Waals surface area contributed by atoms with Gasteiger partial charge < -0.3 is 19.9 Å². The zero-order valence-electron chi connectivity index (χ0n) is 9.79. The van der Waals surface area contributed by atoms with Gasteiger partial charge in [0.25, 0.3) is 0 Å². The summed E-state index contributed by atoms with van der Waals surface area (Å²) in [6, 6.07) is 0. The molecule has 0 aliphatic carbocycles. The fourth-order valence-corrected chi connectivity index (χ4v) is 1.63. The molecule has 0 aromatic rings. The van der Waals surface area contributed by atoms with E-state index in [1.54, 1.807) is 6.92 Å². The van der Waals surface area contributed by atoms with Gasteiger partial charge in [0.15, 0.2) is 0 Å². The zero-order chi connectivity index (χ0) is 11.1. The molecule has 2 N–H and O–H groups in total. The Balaban J connectivity index is 2.06. The molecule has 1 saturated heterocycles. The van der Waals surface area contributed by atoms with Crippen LogP contribution in [0.15, 0.2) is 0 Å². The summed E-state index contributed by atoms with van der Waals surface area (Å²) in [5.41, 5.74) is -0.783. The molecule has 1 aliphatic heterocycles. The molecule has 4 nitrogen and oxygen atoms in total. The van der Waals surface area contributed by atoms with E-state index in [4.69, 9.17) is 9.47 Å².